The lowest BCUT2D eigenvalue weighted by Gasteiger charge is -2.41. The molecule has 1 fully saturated rings. The van der Waals surface area contributed by atoms with Crippen LogP contribution in [0.25, 0.3) is 0 Å². The minimum absolute atomic E-state index is 0.0161. The van der Waals surface area contributed by atoms with Crippen molar-refractivity contribution >= 4 is 28.9 Å². The lowest BCUT2D eigenvalue weighted by Crippen LogP contribution is -2.50. The van der Waals surface area contributed by atoms with E-state index in [2.05, 4.69) is 10.2 Å². The van der Waals surface area contributed by atoms with Gasteiger partial charge < -0.3 is 10.2 Å². The van der Waals surface area contributed by atoms with Crippen LogP contribution in [0.15, 0.2) is 18.2 Å². The van der Waals surface area contributed by atoms with Crippen molar-refractivity contribution < 1.29 is 4.79 Å². The van der Waals surface area contributed by atoms with Gasteiger partial charge in [-0.1, -0.05) is 11.6 Å². The summed E-state index contributed by atoms with van der Waals surface area (Å²) in [5.41, 5.74) is 1.95. The van der Waals surface area contributed by atoms with Gasteiger partial charge in [0, 0.05) is 11.6 Å². The van der Waals surface area contributed by atoms with Crippen LogP contribution >= 0.6 is 11.6 Å². The maximum absolute atomic E-state index is 11.9. The Bertz CT molecular complexity index is 447. The van der Waals surface area contributed by atoms with Crippen molar-refractivity contribution in [2.75, 3.05) is 16.8 Å². The second-order valence-corrected chi connectivity index (χ2v) is 4.79. The number of piperidine rings is 1. The van der Waals surface area contributed by atoms with E-state index in [0.29, 0.717) is 5.02 Å². The van der Waals surface area contributed by atoms with Gasteiger partial charge in [-0.3, -0.25) is 4.79 Å². The second-order valence-electron chi connectivity index (χ2n) is 4.36. The van der Waals surface area contributed by atoms with Crippen LogP contribution in [0.2, 0.25) is 5.02 Å². The van der Waals surface area contributed by atoms with Crippen LogP contribution in [0, 0.1) is 0 Å². The van der Waals surface area contributed by atoms with E-state index in [1.54, 1.807) is 0 Å². The van der Waals surface area contributed by atoms with E-state index in [4.69, 9.17) is 11.6 Å². The first-order chi connectivity index (χ1) is 7.75. The highest BCUT2D eigenvalue weighted by Crippen LogP contribution is 2.37. The van der Waals surface area contributed by atoms with Gasteiger partial charge in [0.2, 0.25) is 5.91 Å². The summed E-state index contributed by atoms with van der Waals surface area (Å²) in [6, 6.07) is 5.71. The molecule has 3 rings (SSSR count). The summed E-state index contributed by atoms with van der Waals surface area (Å²) >= 11 is 5.93. The highest BCUT2D eigenvalue weighted by Gasteiger charge is 2.34. The number of amides is 1. The van der Waals surface area contributed by atoms with Crippen LogP contribution in [0.1, 0.15) is 19.3 Å². The van der Waals surface area contributed by atoms with Gasteiger partial charge >= 0.3 is 0 Å². The molecule has 0 bridgehead atoms. The van der Waals surface area contributed by atoms with Gasteiger partial charge in [-0.25, -0.2) is 0 Å². The third-order valence-corrected chi connectivity index (χ3v) is 3.57. The number of anilines is 2. The van der Waals surface area contributed by atoms with Gasteiger partial charge in [0.1, 0.15) is 6.04 Å². The molecule has 16 heavy (non-hydrogen) atoms. The SMILES string of the molecule is O=C1Nc2cc(Cl)ccc2N2CCCC[C@H]12. The molecule has 0 unspecified atom stereocenters. The summed E-state index contributed by atoms with van der Waals surface area (Å²) in [4.78, 5) is 14.1. The predicted molar refractivity (Wildman–Crippen MR) is 65.1 cm³/mol. The normalized spacial score (nSPS) is 23.4. The zero-order chi connectivity index (χ0) is 11.1. The minimum Gasteiger partial charge on any atom is -0.358 e. The van der Waals surface area contributed by atoms with Crippen molar-refractivity contribution in [3.8, 4) is 0 Å². The Morgan fingerprint density at radius 3 is 3.12 bits per heavy atom. The molecule has 0 radical (unpaired) electrons. The number of hydrogen-bond donors (Lipinski definition) is 1. The molecule has 2 aliphatic heterocycles. The predicted octanol–water partition coefficient (Wildman–Crippen LogP) is 2.65. The van der Waals surface area contributed by atoms with E-state index < -0.39 is 0 Å². The molecule has 1 N–H and O–H groups in total. The number of nitrogens with one attached hydrogen (secondary N) is 1. The molecule has 1 atom stereocenters. The lowest BCUT2D eigenvalue weighted by molar-refractivity contribution is -0.118. The van der Waals surface area contributed by atoms with Crippen molar-refractivity contribution in [1.29, 1.82) is 0 Å². The van der Waals surface area contributed by atoms with Crippen molar-refractivity contribution in [1.82, 2.24) is 0 Å². The molecular weight excluding hydrogens is 224 g/mol. The highest BCUT2D eigenvalue weighted by atomic mass is 35.5. The molecule has 2 aliphatic rings. The highest BCUT2D eigenvalue weighted by molar-refractivity contribution is 6.31. The number of halogens is 1. The average molecular weight is 237 g/mol. The Labute approximate surface area is 99.4 Å². The van der Waals surface area contributed by atoms with Crippen LogP contribution in [0.5, 0.6) is 0 Å². The maximum Gasteiger partial charge on any atom is 0.247 e. The van der Waals surface area contributed by atoms with Gasteiger partial charge in [-0.2, -0.15) is 0 Å². The van der Waals surface area contributed by atoms with Crippen molar-refractivity contribution in [2.45, 2.75) is 25.3 Å². The summed E-state index contributed by atoms with van der Waals surface area (Å²) in [5, 5.41) is 3.60. The van der Waals surface area contributed by atoms with Gasteiger partial charge in [0.05, 0.1) is 11.4 Å². The Hall–Kier alpha value is -1.22. The molecule has 0 saturated carbocycles. The molecule has 0 aromatic heterocycles. The summed E-state index contributed by atoms with van der Waals surface area (Å²) in [5.74, 6) is 0.106. The second kappa shape index (κ2) is 3.67. The quantitative estimate of drug-likeness (QED) is 0.751. The fourth-order valence-electron chi connectivity index (χ4n) is 2.57. The summed E-state index contributed by atoms with van der Waals surface area (Å²) in [7, 11) is 0. The number of nitrogens with zero attached hydrogens (tertiary/aromatic N) is 1. The van der Waals surface area contributed by atoms with E-state index in [1.807, 2.05) is 18.2 Å². The van der Waals surface area contributed by atoms with Crippen LogP contribution in [-0.2, 0) is 4.79 Å². The topological polar surface area (TPSA) is 32.3 Å². The number of carbonyl (C=O) groups is 1. The molecule has 1 aromatic carbocycles. The molecule has 84 valence electrons. The van der Waals surface area contributed by atoms with E-state index in [0.717, 1.165) is 37.2 Å². The molecular formula is C12H13ClN2O. The molecule has 1 aromatic rings. The number of fused-ring (bicyclic) bond motifs is 3. The Morgan fingerprint density at radius 2 is 2.25 bits per heavy atom. The molecule has 2 heterocycles. The van der Waals surface area contributed by atoms with Crippen molar-refractivity contribution in [3.05, 3.63) is 23.2 Å². The van der Waals surface area contributed by atoms with Gasteiger partial charge in [-0.15, -0.1) is 0 Å². The van der Waals surface area contributed by atoms with Crippen LogP contribution in [0.3, 0.4) is 0 Å². The van der Waals surface area contributed by atoms with Crippen LogP contribution < -0.4 is 10.2 Å². The zero-order valence-corrected chi connectivity index (χ0v) is 9.63. The van der Waals surface area contributed by atoms with Gasteiger partial charge in [0.15, 0.2) is 0 Å². The fourth-order valence-corrected chi connectivity index (χ4v) is 2.74. The number of hydrogen-bond acceptors (Lipinski definition) is 2. The Kier molecular flexibility index (Phi) is 2.28. The van der Waals surface area contributed by atoms with Gasteiger partial charge in [0.25, 0.3) is 0 Å². The molecule has 1 amide bonds. The minimum atomic E-state index is 0.0161. The third-order valence-electron chi connectivity index (χ3n) is 3.33. The summed E-state index contributed by atoms with van der Waals surface area (Å²) < 4.78 is 0. The Balaban J connectivity index is 2.06. The van der Waals surface area contributed by atoms with E-state index in [9.17, 15) is 4.79 Å². The van der Waals surface area contributed by atoms with E-state index in [1.165, 1.54) is 0 Å². The zero-order valence-electron chi connectivity index (χ0n) is 8.87. The summed E-state index contributed by atoms with van der Waals surface area (Å²) in [6.07, 6.45) is 3.25. The smallest absolute Gasteiger partial charge is 0.247 e. The number of rotatable bonds is 0. The first-order valence-corrected chi connectivity index (χ1v) is 6.00. The molecule has 4 heteroatoms. The molecule has 0 spiro atoms. The maximum atomic E-state index is 11.9. The van der Waals surface area contributed by atoms with Crippen molar-refractivity contribution in [2.24, 2.45) is 0 Å². The van der Waals surface area contributed by atoms with Crippen LogP contribution in [0.4, 0.5) is 11.4 Å². The van der Waals surface area contributed by atoms with E-state index in [-0.39, 0.29) is 11.9 Å². The monoisotopic (exact) mass is 236 g/mol. The molecule has 0 aliphatic carbocycles. The molecule has 3 nitrogen and oxygen atoms in total. The number of benzene rings is 1. The Morgan fingerprint density at radius 1 is 1.38 bits per heavy atom. The first-order valence-electron chi connectivity index (χ1n) is 5.63. The molecule has 1 saturated heterocycles. The lowest BCUT2D eigenvalue weighted by atomic mass is 9.97. The number of carbonyl (C=O) groups excluding carboxylic acids is 1. The van der Waals surface area contributed by atoms with E-state index >= 15 is 0 Å². The largest absolute Gasteiger partial charge is 0.358 e. The van der Waals surface area contributed by atoms with Crippen LogP contribution in [-0.4, -0.2) is 18.5 Å². The fraction of sp³-hybridized carbons (Fsp3) is 0.417. The van der Waals surface area contributed by atoms with Crippen molar-refractivity contribution in [3.63, 3.8) is 0 Å². The standard InChI is InChI=1S/C12H13ClN2O/c13-8-4-5-10-9(7-8)14-12(16)11-3-1-2-6-15(10)11/h4-5,7,11H,1-3,6H2,(H,14,16)/t11-/m1/s1. The third kappa shape index (κ3) is 1.47. The van der Waals surface area contributed by atoms with Gasteiger partial charge in [-0.05, 0) is 37.5 Å². The first kappa shape index (κ1) is 9.97. The average Bonchev–Trinajstić information content (AvgIpc) is 2.29. The summed E-state index contributed by atoms with van der Waals surface area (Å²) in [6.45, 7) is 0.965.